The number of allylic oxidation sites excluding steroid dienone is 1. The van der Waals surface area contributed by atoms with Crippen LogP contribution < -0.4 is 0 Å². The fourth-order valence-electron chi connectivity index (χ4n) is 8.62. The van der Waals surface area contributed by atoms with Gasteiger partial charge in [0.2, 0.25) is 0 Å². The normalized spacial score (nSPS) is 44.1. The van der Waals surface area contributed by atoms with E-state index in [0.29, 0.717) is 59.7 Å². The molecule has 5 rings (SSSR count). The van der Waals surface area contributed by atoms with Gasteiger partial charge in [-0.05, 0) is 92.4 Å². The lowest BCUT2D eigenvalue weighted by Gasteiger charge is -2.56. The van der Waals surface area contributed by atoms with Crippen molar-refractivity contribution < 1.29 is 19.1 Å². The molecule has 0 spiro atoms. The lowest BCUT2D eigenvalue weighted by Crippen LogP contribution is -2.52. The van der Waals surface area contributed by atoms with Crippen molar-refractivity contribution in [3.63, 3.8) is 0 Å². The molecule has 4 nitrogen and oxygen atoms in total. The smallest absolute Gasteiger partial charge is 0.306 e. The van der Waals surface area contributed by atoms with Crippen LogP contribution in [0.4, 0.5) is 0 Å². The zero-order chi connectivity index (χ0) is 22.1. The number of fused-ring (bicyclic) bond motifs is 7. The molecule has 172 valence electrons. The van der Waals surface area contributed by atoms with Crippen LogP contribution in [-0.4, -0.2) is 24.0 Å². The maximum absolute atomic E-state index is 12.2. The Labute approximate surface area is 187 Å². The molecule has 31 heavy (non-hydrogen) atoms. The van der Waals surface area contributed by atoms with Gasteiger partial charge in [0.1, 0.15) is 11.5 Å². The summed E-state index contributed by atoms with van der Waals surface area (Å²) in [4.78, 5) is 24.3. The molecule has 1 heterocycles. The molecule has 1 saturated heterocycles. The van der Waals surface area contributed by atoms with Crippen molar-refractivity contribution in [3.8, 4) is 0 Å². The average Bonchev–Trinajstić information content (AvgIpc) is 3.41. The van der Waals surface area contributed by atoms with Crippen LogP contribution in [0.5, 0.6) is 0 Å². The predicted octanol–water partition coefficient (Wildman–Crippen LogP) is 5.84. The van der Waals surface area contributed by atoms with Gasteiger partial charge in [0, 0.05) is 25.2 Å². The van der Waals surface area contributed by atoms with E-state index in [0.717, 1.165) is 19.3 Å². The Kier molecular flexibility index (Phi) is 5.10. The minimum absolute atomic E-state index is 0.0279. The second kappa shape index (κ2) is 7.35. The van der Waals surface area contributed by atoms with Crippen molar-refractivity contribution in [1.82, 2.24) is 0 Å². The average molecular weight is 429 g/mol. The van der Waals surface area contributed by atoms with Crippen LogP contribution in [0.1, 0.15) is 92.4 Å². The molecule has 8 unspecified atom stereocenters. The molecule has 0 aromatic heterocycles. The van der Waals surface area contributed by atoms with Crippen LogP contribution in [0.15, 0.2) is 11.3 Å². The first kappa shape index (κ1) is 21.5. The van der Waals surface area contributed by atoms with Gasteiger partial charge in [-0.25, -0.2) is 0 Å². The van der Waals surface area contributed by atoms with E-state index in [-0.39, 0.29) is 17.5 Å². The quantitative estimate of drug-likeness (QED) is 0.408. The van der Waals surface area contributed by atoms with E-state index in [4.69, 9.17) is 9.47 Å². The Morgan fingerprint density at radius 1 is 1.13 bits per heavy atom. The minimum Gasteiger partial charge on any atom is -0.483 e. The number of hydrogen-bond donors (Lipinski definition) is 0. The molecule has 8 atom stereocenters. The second-order valence-corrected chi connectivity index (χ2v) is 12.1. The van der Waals surface area contributed by atoms with Gasteiger partial charge in [0.25, 0.3) is 0 Å². The van der Waals surface area contributed by atoms with E-state index < -0.39 is 0 Å². The molecule has 0 aromatic rings. The Balaban J connectivity index is 1.33. The predicted molar refractivity (Wildman–Crippen MR) is 119 cm³/mol. The van der Waals surface area contributed by atoms with Crippen LogP contribution in [0.25, 0.3) is 0 Å². The molecular formula is C27H40O4. The first-order valence-corrected chi connectivity index (χ1v) is 12.8. The molecule has 3 saturated carbocycles. The van der Waals surface area contributed by atoms with Crippen LogP contribution in [-0.2, 0) is 19.1 Å². The van der Waals surface area contributed by atoms with Gasteiger partial charge < -0.3 is 9.47 Å². The van der Waals surface area contributed by atoms with E-state index in [1.165, 1.54) is 37.0 Å². The number of ether oxygens (including phenoxy) is 2. The summed E-state index contributed by atoms with van der Waals surface area (Å²) < 4.78 is 11.6. The van der Waals surface area contributed by atoms with Crippen molar-refractivity contribution in [1.29, 1.82) is 0 Å². The van der Waals surface area contributed by atoms with Crippen molar-refractivity contribution in [2.45, 2.75) is 105 Å². The SMILES string of the molecule is CC(C)OC(=O)CCC(C)C1CCC2C3C4OC4=C4CC(=O)CCC4(C)C3CCC12C. The van der Waals surface area contributed by atoms with Crippen LogP contribution in [0, 0.1) is 40.4 Å². The van der Waals surface area contributed by atoms with Crippen LogP contribution in [0.2, 0.25) is 0 Å². The third-order valence-corrected chi connectivity index (χ3v) is 10.2. The maximum atomic E-state index is 12.2. The Morgan fingerprint density at radius 3 is 2.65 bits per heavy atom. The van der Waals surface area contributed by atoms with Crippen LogP contribution >= 0.6 is 0 Å². The number of carbonyl (C=O) groups is 2. The highest BCUT2D eigenvalue weighted by Crippen LogP contribution is 2.71. The summed E-state index contributed by atoms with van der Waals surface area (Å²) in [7, 11) is 0. The first-order chi connectivity index (χ1) is 14.6. The topological polar surface area (TPSA) is 55.9 Å². The molecule has 4 heteroatoms. The third kappa shape index (κ3) is 3.30. The molecule has 0 bridgehead atoms. The number of esters is 1. The molecule has 5 aliphatic rings. The maximum Gasteiger partial charge on any atom is 0.306 e. The highest BCUT2D eigenvalue weighted by atomic mass is 16.6. The molecule has 4 aliphatic carbocycles. The largest absolute Gasteiger partial charge is 0.483 e. The molecule has 0 N–H and O–H groups in total. The van der Waals surface area contributed by atoms with Gasteiger partial charge in [0.15, 0.2) is 6.10 Å². The number of Topliss-reactive ketones (excluding diaryl/α,β-unsaturated/α-hetero) is 1. The molecule has 0 amide bonds. The van der Waals surface area contributed by atoms with E-state index in [1.54, 1.807) is 0 Å². The highest BCUT2D eigenvalue weighted by Gasteiger charge is 2.67. The fraction of sp³-hybridized carbons (Fsp3) is 0.852. The van der Waals surface area contributed by atoms with Crippen molar-refractivity contribution in [2.24, 2.45) is 40.4 Å². The van der Waals surface area contributed by atoms with E-state index in [2.05, 4.69) is 20.8 Å². The summed E-state index contributed by atoms with van der Waals surface area (Å²) in [6.45, 7) is 11.2. The molecule has 1 aliphatic heterocycles. The Bertz CT molecular complexity index is 812. The number of carbonyl (C=O) groups excluding carboxylic acids is 2. The zero-order valence-corrected chi connectivity index (χ0v) is 20.0. The lowest BCUT2D eigenvalue weighted by atomic mass is 9.47. The van der Waals surface area contributed by atoms with Crippen molar-refractivity contribution in [3.05, 3.63) is 11.3 Å². The fourth-order valence-corrected chi connectivity index (χ4v) is 8.62. The Morgan fingerprint density at radius 2 is 1.90 bits per heavy atom. The standard InChI is InChI=1S/C27H40O4/c1-15(2)30-22(29)9-6-16(3)18-7-8-19-23-20(11-13-26(18,19)4)27(5)12-10-17(28)14-21(27)24-25(23)31-24/h15-16,18-20,23,25H,6-14H2,1-5H3. The Hall–Kier alpha value is -1.32. The number of rotatable bonds is 5. The molecular weight excluding hydrogens is 388 g/mol. The first-order valence-electron chi connectivity index (χ1n) is 12.8. The van der Waals surface area contributed by atoms with Gasteiger partial charge >= 0.3 is 5.97 Å². The number of epoxide rings is 1. The molecule has 4 fully saturated rings. The van der Waals surface area contributed by atoms with E-state index in [1.807, 2.05) is 13.8 Å². The van der Waals surface area contributed by atoms with Crippen molar-refractivity contribution in [2.75, 3.05) is 0 Å². The van der Waals surface area contributed by atoms with E-state index >= 15 is 0 Å². The van der Waals surface area contributed by atoms with Gasteiger partial charge in [-0.3, -0.25) is 9.59 Å². The number of ketones is 1. The summed E-state index contributed by atoms with van der Waals surface area (Å²) in [5, 5.41) is 0. The second-order valence-electron chi connectivity index (χ2n) is 12.1. The van der Waals surface area contributed by atoms with Crippen LogP contribution in [0.3, 0.4) is 0 Å². The summed E-state index contributed by atoms with van der Waals surface area (Å²) >= 11 is 0. The highest BCUT2D eigenvalue weighted by molar-refractivity contribution is 5.83. The zero-order valence-electron chi connectivity index (χ0n) is 20.0. The summed E-state index contributed by atoms with van der Waals surface area (Å²) in [6, 6.07) is 0. The third-order valence-electron chi connectivity index (χ3n) is 10.2. The lowest BCUT2D eigenvalue weighted by molar-refractivity contribution is -0.148. The summed E-state index contributed by atoms with van der Waals surface area (Å²) in [6.07, 6.45) is 9.25. The monoisotopic (exact) mass is 428 g/mol. The molecule has 0 aromatic carbocycles. The van der Waals surface area contributed by atoms with E-state index in [9.17, 15) is 9.59 Å². The van der Waals surface area contributed by atoms with Gasteiger partial charge in [-0.1, -0.05) is 20.8 Å². The summed E-state index contributed by atoms with van der Waals surface area (Å²) in [5.41, 5.74) is 1.88. The minimum atomic E-state index is -0.0500. The van der Waals surface area contributed by atoms with Gasteiger partial charge in [0.05, 0.1) is 6.10 Å². The molecule has 0 radical (unpaired) electrons. The van der Waals surface area contributed by atoms with Crippen molar-refractivity contribution >= 4 is 11.8 Å². The van der Waals surface area contributed by atoms with Gasteiger partial charge in [-0.2, -0.15) is 0 Å². The van der Waals surface area contributed by atoms with Gasteiger partial charge in [-0.15, -0.1) is 0 Å². The number of hydrogen-bond acceptors (Lipinski definition) is 4. The summed E-state index contributed by atoms with van der Waals surface area (Å²) in [5.74, 6) is 4.78.